The molecule has 0 amide bonds. The Balaban J connectivity index is 0.00000324. The van der Waals surface area contributed by atoms with E-state index in [4.69, 9.17) is 11.6 Å². The van der Waals surface area contributed by atoms with Crippen LogP contribution < -0.4 is 10.0 Å². The second-order valence-corrected chi connectivity index (χ2v) is 12.0. The van der Waals surface area contributed by atoms with E-state index in [0.717, 1.165) is 27.3 Å². The van der Waals surface area contributed by atoms with Crippen LogP contribution in [0, 0.1) is 0 Å². The Morgan fingerprint density at radius 2 is 1.74 bits per heavy atom. The predicted molar refractivity (Wildman–Crippen MR) is 139 cm³/mol. The Hall–Kier alpha value is -1.94. The minimum atomic E-state index is -4.08. The number of benzene rings is 2. The van der Waals surface area contributed by atoms with E-state index in [1.54, 1.807) is 18.2 Å². The zero-order valence-electron chi connectivity index (χ0n) is 18.6. The first-order valence-electron chi connectivity index (χ1n) is 10.5. The van der Waals surface area contributed by atoms with E-state index < -0.39 is 26.9 Å². The van der Waals surface area contributed by atoms with Gasteiger partial charge in [-0.05, 0) is 41.8 Å². The third-order valence-electron chi connectivity index (χ3n) is 6.05. The lowest BCUT2D eigenvalue weighted by Gasteiger charge is -2.25. The first-order chi connectivity index (χ1) is 15.6. The van der Waals surface area contributed by atoms with Crippen LogP contribution in [-0.2, 0) is 20.2 Å². The quantitative estimate of drug-likeness (QED) is 0.357. The Morgan fingerprint density at radius 1 is 1.09 bits per heavy atom. The molecular formula is C24H26Cl2N2O4S2. The molecule has 2 atom stereocenters. The second kappa shape index (κ2) is 9.97. The van der Waals surface area contributed by atoms with Crippen molar-refractivity contribution in [2.75, 3.05) is 6.54 Å². The highest BCUT2D eigenvalue weighted by molar-refractivity contribution is 7.91. The van der Waals surface area contributed by atoms with E-state index in [9.17, 15) is 18.3 Å². The number of hydrogen-bond acceptors (Lipinski definition) is 5. The maximum Gasteiger partial charge on any atom is 0.325 e. The predicted octanol–water partition coefficient (Wildman–Crippen LogP) is 4.93. The number of hydrogen-bond donors (Lipinski definition) is 3. The van der Waals surface area contributed by atoms with E-state index in [-0.39, 0.29) is 29.1 Å². The Labute approximate surface area is 214 Å². The molecule has 2 unspecified atom stereocenters. The molecule has 1 aliphatic rings. The Kier molecular flexibility index (Phi) is 7.82. The molecule has 0 aliphatic heterocycles. The van der Waals surface area contributed by atoms with Gasteiger partial charge in [0.25, 0.3) is 10.0 Å². The number of carboxylic acids is 1. The van der Waals surface area contributed by atoms with E-state index in [0.29, 0.717) is 11.6 Å². The van der Waals surface area contributed by atoms with E-state index in [1.165, 1.54) is 6.07 Å². The van der Waals surface area contributed by atoms with Crippen molar-refractivity contribution >= 4 is 51.3 Å². The van der Waals surface area contributed by atoms with Crippen molar-refractivity contribution in [3.05, 3.63) is 77.3 Å². The SMILES string of the molecule is CC(C)NCC1(c2ccccc2)CC1(NS(=O)(=O)c1ccc(-c2ccc(Cl)cc2)s1)C(=O)O.Cl. The molecule has 182 valence electrons. The fourth-order valence-electron chi connectivity index (χ4n) is 4.18. The lowest BCUT2D eigenvalue weighted by atomic mass is 9.90. The molecule has 3 N–H and O–H groups in total. The zero-order valence-corrected chi connectivity index (χ0v) is 21.8. The largest absolute Gasteiger partial charge is 0.480 e. The molecule has 1 heterocycles. The smallest absolute Gasteiger partial charge is 0.325 e. The molecule has 1 saturated carbocycles. The average Bonchev–Trinajstić information content (AvgIpc) is 3.15. The summed E-state index contributed by atoms with van der Waals surface area (Å²) in [7, 11) is -4.08. The minimum absolute atomic E-state index is 0. The molecule has 6 nitrogen and oxygen atoms in total. The fourth-order valence-corrected chi connectivity index (χ4v) is 7.04. The van der Waals surface area contributed by atoms with Crippen molar-refractivity contribution in [2.45, 2.75) is 41.5 Å². The Morgan fingerprint density at radius 3 is 2.32 bits per heavy atom. The van der Waals surface area contributed by atoms with Crippen molar-refractivity contribution in [3.8, 4) is 10.4 Å². The molecular weight excluding hydrogens is 515 g/mol. The van der Waals surface area contributed by atoms with Crippen molar-refractivity contribution in [1.82, 2.24) is 10.0 Å². The summed E-state index contributed by atoms with van der Waals surface area (Å²) in [6.45, 7) is 4.28. The van der Waals surface area contributed by atoms with Crippen LogP contribution >= 0.6 is 35.3 Å². The van der Waals surface area contributed by atoms with Gasteiger partial charge in [-0.15, -0.1) is 23.7 Å². The van der Waals surface area contributed by atoms with Gasteiger partial charge in [0.05, 0.1) is 0 Å². The van der Waals surface area contributed by atoms with Crippen LogP contribution in [0.1, 0.15) is 25.8 Å². The average molecular weight is 542 g/mol. The van der Waals surface area contributed by atoms with Gasteiger partial charge in [-0.1, -0.05) is 67.9 Å². The molecule has 0 bridgehead atoms. The second-order valence-electron chi connectivity index (χ2n) is 8.60. The van der Waals surface area contributed by atoms with Crippen molar-refractivity contribution in [1.29, 1.82) is 0 Å². The molecule has 4 rings (SSSR count). The van der Waals surface area contributed by atoms with Crippen LogP contribution in [0.2, 0.25) is 5.02 Å². The van der Waals surface area contributed by atoms with Crippen molar-refractivity contribution in [3.63, 3.8) is 0 Å². The number of thiophene rings is 1. The van der Waals surface area contributed by atoms with Gasteiger partial charge in [-0.2, -0.15) is 4.72 Å². The van der Waals surface area contributed by atoms with Gasteiger partial charge >= 0.3 is 5.97 Å². The molecule has 1 fully saturated rings. The molecule has 3 aromatic rings. The molecule has 34 heavy (non-hydrogen) atoms. The summed E-state index contributed by atoms with van der Waals surface area (Å²) in [4.78, 5) is 13.3. The van der Waals surface area contributed by atoms with Gasteiger partial charge in [0.15, 0.2) is 0 Å². The summed E-state index contributed by atoms with van der Waals surface area (Å²) >= 11 is 7.04. The number of halogens is 2. The molecule has 0 spiro atoms. The van der Waals surface area contributed by atoms with Crippen LogP contribution in [0.3, 0.4) is 0 Å². The number of carboxylic acid groups (broad SMARTS) is 1. The molecule has 0 saturated heterocycles. The van der Waals surface area contributed by atoms with Crippen molar-refractivity contribution in [2.24, 2.45) is 0 Å². The lowest BCUT2D eigenvalue weighted by molar-refractivity contribution is -0.140. The van der Waals surface area contributed by atoms with Gasteiger partial charge in [0.1, 0.15) is 9.75 Å². The van der Waals surface area contributed by atoms with Crippen LogP contribution in [-0.4, -0.2) is 37.6 Å². The molecule has 1 aromatic heterocycles. The third-order valence-corrected chi connectivity index (χ3v) is 9.42. The van der Waals surface area contributed by atoms with Gasteiger partial charge in [0.2, 0.25) is 0 Å². The van der Waals surface area contributed by atoms with Crippen LogP contribution in [0.5, 0.6) is 0 Å². The van der Waals surface area contributed by atoms with Crippen molar-refractivity contribution < 1.29 is 18.3 Å². The summed E-state index contributed by atoms with van der Waals surface area (Å²) in [5, 5.41) is 14.1. The summed E-state index contributed by atoms with van der Waals surface area (Å²) in [5.74, 6) is -1.19. The van der Waals surface area contributed by atoms with Crippen LogP contribution in [0.25, 0.3) is 10.4 Å². The van der Waals surface area contributed by atoms with E-state index in [1.807, 2.05) is 56.3 Å². The number of aliphatic carboxylic acids is 1. The maximum absolute atomic E-state index is 13.3. The third kappa shape index (κ3) is 4.89. The lowest BCUT2D eigenvalue weighted by Crippen LogP contribution is -2.51. The topological polar surface area (TPSA) is 95.5 Å². The molecule has 10 heteroatoms. The van der Waals surface area contributed by atoms with E-state index >= 15 is 0 Å². The summed E-state index contributed by atoms with van der Waals surface area (Å²) < 4.78 is 29.3. The summed E-state index contributed by atoms with van der Waals surface area (Å²) in [6, 6.07) is 19.7. The highest BCUT2D eigenvalue weighted by atomic mass is 35.5. The van der Waals surface area contributed by atoms with Crippen LogP contribution in [0.4, 0.5) is 0 Å². The monoisotopic (exact) mass is 540 g/mol. The normalized spacial score (nSPS) is 21.8. The van der Waals surface area contributed by atoms with Gasteiger partial charge < -0.3 is 10.4 Å². The van der Waals surface area contributed by atoms with Gasteiger partial charge in [0, 0.05) is 27.9 Å². The van der Waals surface area contributed by atoms with E-state index in [2.05, 4.69) is 10.0 Å². The van der Waals surface area contributed by atoms with Gasteiger partial charge in [-0.3, -0.25) is 4.79 Å². The first kappa shape index (κ1) is 26.7. The van der Waals surface area contributed by atoms with Crippen LogP contribution in [0.15, 0.2) is 70.9 Å². The number of sulfonamides is 1. The fraction of sp³-hybridized carbons (Fsp3) is 0.292. The molecule has 0 radical (unpaired) electrons. The first-order valence-corrected chi connectivity index (χ1v) is 13.2. The number of rotatable bonds is 9. The highest BCUT2D eigenvalue weighted by Gasteiger charge is 2.74. The highest BCUT2D eigenvalue weighted by Crippen LogP contribution is 2.58. The van der Waals surface area contributed by atoms with Gasteiger partial charge in [-0.25, -0.2) is 8.42 Å². The standard InChI is InChI=1S/C24H25ClN2O4S2.ClH/c1-16(2)26-15-23(18-6-4-3-5-7-18)14-24(23,22(28)29)27-33(30,31)21-13-12-20(32-21)17-8-10-19(25)11-9-17;/h3-13,16,26-27H,14-15H2,1-2H3,(H,28,29);1H. The zero-order chi connectivity index (χ0) is 23.9. The minimum Gasteiger partial charge on any atom is -0.480 e. The number of carbonyl (C=O) groups is 1. The summed E-state index contributed by atoms with van der Waals surface area (Å²) in [5.41, 5.74) is -0.908. The Bertz CT molecular complexity index is 1260. The number of nitrogens with one attached hydrogen (secondary N) is 2. The maximum atomic E-state index is 13.3. The molecule has 2 aromatic carbocycles. The summed E-state index contributed by atoms with van der Waals surface area (Å²) in [6.07, 6.45) is 0.160. The molecule has 1 aliphatic carbocycles.